The van der Waals surface area contributed by atoms with Crippen LogP contribution in [0.25, 0.3) is 0 Å². The molecule has 19 heavy (non-hydrogen) atoms. The summed E-state index contributed by atoms with van der Waals surface area (Å²) >= 11 is 0. The lowest BCUT2D eigenvalue weighted by molar-refractivity contribution is 0.154. The van der Waals surface area contributed by atoms with E-state index in [1.807, 2.05) is 30.3 Å². The fourth-order valence-electron chi connectivity index (χ4n) is 1.47. The Bertz CT molecular complexity index is 623. The van der Waals surface area contributed by atoms with E-state index in [2.05, 4.69) is 5.32 Å². The fourth-order valence-corrected chi connectivity index (χ4v) is 1.47. The van der Waals surface area contributed by atoms with Gasteiger partial charge in [-0.1, -0.05) is 30.3 Å². The minimum atomic E-state index is -0.677. The summed E-state index contributed by atoms with van der Waals surface area (Å²) in [6.45, 7) is 0.145. The highest BCUT2D eigenvalue weighted by molar-refractivity contribution is 5.84. The van der Waals surface area contributed by atoms with Crippen LogP contribution in [-0.4, -0.2) is 16.0 Å². The first-order chi connectivity index (χ1) is 9.16. The summed E-state index contributed by atoms with van der Waals surface area (Å²) in [5.41, 5.74) is 0.816. The molecular formula is C13H13N3O3. The molecule has 6 heteroatoms. The molecular weight excluding hydrogens is 246 g/mol. The number of benzene rings is 1. The number of hydrogen-bond donors (Lipinski definition) is 3. The molecule has 3 N–H and O–H groups in total. The van der Waals surface area contributed by atoms with E-state index in [-0.39, 0.29) is 17.8 Å². The van der Waals surface area contributed by atoms with Gasteiger partial charge in [-0.05, 0) is 17.7 Å². The Kier molecular flexibility index (Phi) is 3.82. The molecule has 0 atom stereocenters. The van der Waals surface area contributed by atoms with Crippen LogP contribution >= 0.6 is 0 Å². The van der Waals surface area contributed by atoms with E-state index in [1.54, 1.807) is 0 Å². The average molecular weight is 259 g/mol. The predicted octanol–water partition coefficient (Wildman–Crippen LogP) is 1.95. The molecule has 2 aromatic rings. The molecule has 6 nitrogen and oxygen atoms in total. The molecule has 98 valence electrons. The van der Waals surface area contributed by atoms with Gasteiger partial charge in [0.2, 0.25) is 0 Å². The number of ether oxygens (including phenoxy) is 1. The predicted molar refractivity (Wildman–Crippen MR) is 67.7 cm³/mol. The monoisotopic (exact) mass is 259 g/mol. The molecule has 1 aromatic heterocycles. The minimum Gasteiger partial charge on any atom is -0.444 e. The number of nitrogens with zero attached hydrogens (tertiary/aromatic N) is 1. The van der Waals surface area contributed by atoms with Crippen molar-refractivity contribution in [2.45, 2.75) is 6.61 Å². The summed E-state index contributed by atoms with van der Waals surface area (Å²) in [6.07, 6.45) is 0.617. The molecule has 1 aromatic carbocycles. The van der Waals surface area contributed by atoms with Gasteiger partial charge in [0.15, 0.2) is 5.49 Å². The van der Waals surface area contributed by atoms with Crippen LogP contribution in [0.15, 0.2) is 48.7 Å². The quantitative estimate of drug-likeness (QED) is 0.736. The van der Waals surface area contributed by atoms with Crippen LogP contribution in [0.2, 0.25) is 0 Å². The summed E-state index contributed by atoms with van der Waals surface area (Å²) in [4.78, 5) is 11.5. The number of hydrogen-bond acceptors (Lipinski definition) is 4. The third kappa shape index (κ3) is 3.35. The Morgan fingerprint density at radius 2 is 2.00 bits per heavy atom. The lowest BCUT2D eigenvalue weighted by atomic mass is 10.2. The zero-order valence-electron chi connectivity index (χ0n) is 10.0. The second kappa shape index (κ2) is 5.72. The summed E-state index contributed by atoms with van der Waals surface area (Å²) < 4.78 is 5.61. The normalized spacial score (nSPS) is 9.89. The first-order valence-electron chi connectivity index (χ1n) is 5.60. The van der Waals surface area contributed by atoms with Crippen molar-refractivity contribution in [3.63, 3.8) is 0 Å². The van der Waals surface area contributed by atoms with Gasteiger partial charge < -0.3 is 9.94 Å². The summed E-state index contributed by atoms with van der Waals surface area (Å²) in [6, 6.07) is 12.3. The maximum atomic E-state index is 11.5. The second-order valence-corrected chi connectivity index (χ2v) is 3.80. The topological polar surface area (TPSA) is 87.3 Å². The number of anilines is 1. The zero-order valence-corrected chi connectivity index (χ0v) is 10.0. The number of carbonyl (C=O) groups excluding carboxylic acids is 1. The SMILES string of the molecule is N=c1c(NC(=O)OCc2ccccc2)cccn1O. The van der Waals surface area contributed by atoms with E-state index in [9.17, 15) is 10.0 Å². The van der Waals surface area contributed by atoms with Crippen LogP contribution < -0.4 is 10.8 Å². The molecule has 0 unspecified atom stereocenters. The lowest BCUT2D eigenvalue weighted by Crippen LogP contribution is -2.24. The zero-order chi connectivity index (χ0) is 13.7. The molecule has 1 heterocycles. The van der Waals surface area contributed by atoms with Crippen molar-refractivity contribution in [1.82, 2.24) is 4.73 Å². The van der Waals surface area contributed by atoms with E-state index in [1.165, 1.54) is 18.3 Å². The average Bonchev–Trinajstić information content (AvgIpc) is 2.43. The highest BCUT2D eigenvalue weighted by Gasteiger charge is 2.06. The van der Waals surface area contributed by atoms with E-state index in [4.69, 9.17) is 10.1 Å². The third-order valence-electron chi connectivity index (χ3n) is 2.42. The highest BCUT2D eigenvalue weighted by atomic mass is 16.5. The van der Waals surface area contributed by atoms with Crippen LogP contribution in [0.3, 0.4) is 0 Å². The van der Waals surface area contributed by atoms with E-state index in [0.717, 1.165) is 5.56 Å². The van der Waals surface area contributed by atoms with Crippen molar-refractivity contribution in [2.24, 2.45) is 0 Å². The van der Waals surface area contributed by atoms with E-state index < -0.39 is 6.09 Å². The molecule has 0 aliphatic heterocycles. The smallest absolute Gasteiger partial charge is 0.412 e. The van der Waals surface area contributed by atoms with Gasteiger partial charge in [-0.25, -0.2) is 4.79 Å². The standard InChI is InChI=1S/C13H13N3O3/c14-12-11(7-4-8-16(12)18)15-13(17)19-9-10-5-2-1-3-6-10/h1-8,14,18H,9H2,(H,15,17). The maximum Gasteiger partial charge on any atom is 0.412 e. The van der Waals surface area contributed by atoms with Crippen molar-refractivity contribution in [3.8, 4) is 0 Å². The number of rotatable bonds is 3. The van der Waals surface area contributed by atoms with Gasteiger partial charge in [-0.15, -0.1) is 0 Å². The van der Waals surface area contributed by atoms with Gasteiger partial charge in [0, 0.05) is 6.20 Å². The maximum absolute atomic E-state index is 11.5. The highest BCUT2D eigenvalue weighted by Crippen LogP contribution is 2.03. The first-order valence-corrected chi connectivity index (χ1v) is 5.60. The lowest BCUT2D eigenvalue weighted by Gasteiger charge is -2.08. The molecule has 0 radical (unpaired) electrons. The molecule has 0 aliphatic rings. The van der Waals surface area contributed by atoms with Crippen LogP contribution in [0.1, 0.15) is 5.56 Å². The van der Waals surface area contributed by atoms with Crippen LogP contribution in [0.4, 0.5) is 10.5 Å². The van der Waals surface area contributed by atoms with Crippen LogP contribution in [0, 0.1) is 5.41 Å². The van der Waals surface area contributed by atoms with E-state index >= 15 is 0 Å². The molecule has 0 fully saturated rings. The molecule has 0 bridgehead atoms. The van der Waals surface area contributed by atoms with Crippen molar-refractivity contribution < 1.29 is 14.7 Å². The van der Waals surface area contributed by atoms with Gasteiger partial charge in [0.25, 0.3) is 0 Å². The van der Waals surface area contributed by atoms with Crippen molar-refractivity contribution in [2.75, 3.05) is 5.32 Å². The third-order valence-corrected chi connectivity index (χ3v) is 2.42. The Hall–Kier alpha value is -2.76. The number of aromatic nitrogens is 1. The minimum absolute atomic E-state index is 0.145. The Morgan fingerprint density at radius 1 is 1.26 bits per heavy atom. The van der Waals surface area contributed by atoms with Crippen molar-refractivity contribution >= 4 is 11.8 Å². The summed E-state index contributed by atoms with van der Waals surface area (Å²) in [5.74, 6) is 0. The molecule has 0 saturated heterocycles. The van der Waals surface area contributed by atoms with Gasteiger partial charge in [-0.2, -0.15) is 4.73 Å². The number of nitrogens with one attached hydrogen (secondary N) is 2. The Morgan fingerprint density at radius 3 is 2.74 bits per heavy atom. The number of pyridine rings is 1. The number of carbonyl (C=O) groups is 1. The second-order valence-electron chi connectivity index (χ2n) is 3.80. The van der Waals surface area contributed by atoms with Gasteiger partial charge in [0.05, 0.1) is 5.69 Å². The Labute approximate surface area is 109 Å². The summed E-state index contributed by atoms with van der Waals surface area (Å²) in [5, 5.41) is 19.2. The van der Waals surface area contributed by atoms with Gasteiger partial charge >= 0.3 is 6.09 Å². The van der Waals surface area contributed by atoms with Crippen molar-refractivity contribution in [1.29, 1.82) is 5.41 Å². The molecule has 0 saturated carbocycles. The molecule has 0 spiro atoms. The van der Waals surface area contributed by atoms with Gasteiger partial charge in [-0.3, -0.25) is 10.7 Å². The molecule has 1 amide bonds. The van der Waals surface area contributed by atoms with E-state index in [0.29, 0.717) is 4.73 Å². The largest absolute Gasteiger partial charge is 0.444 e. The molecule has 0 aliphatic carbocycles. The summed E-state index contributed by atoms with van der Waals surface area (Å²) in [7, 11) is 0. The number of amides is 1. The molecule has 2 rings (SSSR count). The van der Waals surface area contributed by atoms with Crippen molar-refractivity contribution in [3.05, 3.63) is 59.7 Å². The van der Waals surface area contributed by atoms with Gasteiger partial charge in [0.1, 0.15) is 6.61 Å². The first kappa shape index (κ1) is 12.7. The fraction of sp³-hybridized carbons (Fsp3) is 0.0769. The van der Waals surface area contributed by atoms with Crippen LogP contribution in [-0.2, 0) is 11.3 Å². The van der Waals surface area contributed by atoms with Crippen LogP contribution in [0.5, 0.6) is 0 Å². The Balaban J connectivity index is 1.95.